The van der Waals surface area contributed by atoms with Crippen LogP contribution in [0.3, 0.4) is 0 Å². The van der Waals surface area contributed by atoms with Crippen molar-refractivity contribution in [1.29, 1.82) is 0 Å². The molecule has 0 amide bonds. The summed E-state index contributed by atoms with van der Waals surface area (Å²) in [5.74, 6) is 0.928. The molecule has 1 aromatic carbocycles. The average Bonchev–Trinajstić information content (AvgIpc) is 2.69. The second kappa shape index (κ2) is 5.76. The van der Waals surface area contributed by atoms with Crippen LogP contribution in [0.2, 0.25) is 0 Å². The number of fused-ring (bicyclic) bond motifs is 1. The average molecular weight is 304 g/mol. The van der Waals surface area contributed by atoms with E-state index in [1.165, 1.54) is 12.1 Å². The number of benzene rings is 1. The van der Waals surface area contributed by atoms with E-state index in [9.17, 15) is 13.2 Å². The molecule has 0 saturated heterocycles. The van der Waals surface area contributed by atoms with Gasteiger partial charge in [0, 0.05) is 13.1 Å². The fourth-order valence-electron chi connectivity index (χ4n) is 2.56. The molecule has 1 aliphatic rings. The quantitative estimate of drug-likeness (QED) is 0.813. The van der Waals surface area contributed by atoms with E-state index in [1.54, 1.807) is 17.8 Å². The molecule has 1 atom stereocenters. The van der Waals surface area contributed by atoms with Crippen molar-refractivity contribution in [1.82, 2.24) is 0 Å². The first kappa shape index (κ1) is 15.4. The van der Waals surface area contributed by atoms with Crippen molar-refractivity contribution in [2.45, 2.75) is 32.4 Å². The van der Waals surface area contributed by atoms with E-state index >= 15 is 0 Å². The highest BCUT2D eigenvalue weighted by Gasteiger charge is 2.37. The maximum absolute atomic E-state index is 12.9. The SMILES string of the molecule is CCSC1N(CC)c2ccc(C(F)(F)F)cc2N1CC. The van der Waals surface area contributed by atoms with Gasteiger partial charge in [0.2, 0.25) is 0 Å². The lowest BCUT2D eigenvalue weighted by molar-refractivity contribution is -0.137. The summed E-state index contributed by atoms with van der Waals surface area (Å²) in [4.78, 5) is 4.20. The van der Waals surface area contributed by atoms with Crippen molar-refractivity contribution < 1.29 is 13.2 Å². The van der Waals surface area contributed by atoms with Crippen LogP contribution in [0.25, 0.3) is 0 Å². The summed E-state index contributed by atoms with van der Waals surface area (Å²) < 4.78 is 38.6. The largest absolute Gasteiger partial charge is 0.416 e. The minimum absolute atomic E-state index is 0.0912. The van der Waals surface area contributed by atoms with Gasteiger partial charge in [0.1, 0.15) is 0 Å². The number of alkyl halides is 3. The van der Waals surface area contributed by atoms with Crippen molar-refractivity contribution in [3.05, 3.63) is 23.8 Å². The highest BCUT2D eigenvalue weighted by atomic mass is 32.2. The Hall–Kier alpha value is -1.04. The van der Waals surface area contributed by atoms with Gasteiger partial charge in [0.15, 0.2) is 5.50 Å². The van der Waals surface area contributed by atoms with Crippen LogP contribution < -0.4 is 9.80 Å². The Balaban J connectivity index is 2.46. The Labute approximate surface area is 121 Å². The standard InChI is InChI=1S/C14H19F3N2S/c1-4-18-11-8-7-10(14(15,16)17)9-12(11)19(5-2)13(18)20-6-3/h7-9,13H,4-6H2,1-3H3. The van der Waals surface area contributed by atoms with E-state index in [4.69, 9.17) is 0 Å². The number of hydrogen-bond donors (Lipinski definition) is 0. The van der Waals surface area contributed by atoms with Crippen LogP contribution in [-0.2, 0) is 6.18 Å². The molecule has 0 aliphatic carbocycles. The van der Waals surface area contributed by atoms with E-state index in [2.05, 4.69) is 11.8 Å². The van der Waals surface area contributed by atoms with Crippen molar-refractivity contribution >= 4 is 23.1 Å². The lowest BCUT2D eigenvalue weighted by atomic mass is 10.1. The number of anilines is 2. The molecule has 112 valence electrons. The van der Waals surface area contributed by atoms with Gasteiger partial charge in [-0.1, -0.05) is 6.92 Å². The van der Waals surface area contributed by atoms with Crippen molar-refractivity contribution in [3.8, 4) is 0 Å². The lowest BCUT2D eigenvalue weighted by Crippen LogP contribution is -2.40. The maximum Gasteiger partial charge on any atom is 0.416 e. The first-order chi connectivity index (χ1) is 9.43. The van der Waals surface area contributed by atoms with Crippen molar-refractivity contribution in [3.63, 3.8) is 0 Å². The van der Waals surface area contributed by atoms with Crippen LogP contribution in [-0.4, -0.2) is 24.3 Å². The Morgan fingerprint density at radius 1 is 1.05 bits per heavy atom. The number of halogens is 3. The fourth-order valence-corrected chi connectivity index (χ4v) is 3.74. The summed E-state index contributed by atoms with van der Waals surface area (Å²) in [6.45, 7) is 7.56. The Kier molecular flexibility index (Phi) is 4.42. The van der Waals surface area contributed by atoms with Crippen LogP contribution >= 0.6 is 11.8 Å². The monoisotopic (exact) mass is 304 g/mol. The third kappa shape index (κ3) is 2.57. The molecule has 2 rings (SSSR count). The summed E-state index contributed by atoms with van der Waals surface area (Å²) in [5, 5.41) is 0. The molecule has 0 aromatic heterocycles. The molecule has 0 fully saturated rings. The third-order valence-corrected chi connectivity index (χ3v) is 4.59. The van der Waals surface area contributed by atoms with Crippen LogP contribution in [0.1, 0.15) is 26.3 Å². The van der Waals surface area contributed by atoms with E-state index in [0.717, 1.165) is 18.0 Å². The predicted octanol–water partition coefficient (Wildman–Crippen LogP) is 4.41. The predicted molar refractivity (Wildman–Crippen MR) is 79.4 cm³/mol. The van der Waals surface area contributed by atoms with E-state index < -0.39 is 11.7 Å². The van der Waals surface area contributed by atoms with E-state index in [1.807, 2.05) is 18.7 Å². The topological polar surface area (TPSA) is 6.48 Å². The van der Waals surface area contributed by atoms with Gasteiger partial charge in [-0.15, -0.1) is 11.8 Å². The van der Waals surface area contributed by atoms with E-state index in [-0.39, 0.29) is 5.50 Å². The van der Waals surface area contributed by atoms with Gasteiger partial charge in [-0.25, -0.2) is 0 Å². The Bertz CT molecular complexity index is 476. The van der Waals surface area contributed by atoms with Crippen LogP contribution in [0.5, 0.6) is 0 Å². The molecule has 0 N–H and O–H groups in total. The molecule has 6 heteroatoms. The molecule has 1 aliphatic heterocycles. The minimum atomic E-state index is -4.29. The summed E-state index contributed by atoms with van der Waals surface area (Å²) in [5.41, 5.74) is 1.10. The normalized spacial score (nSPS) is 18.6. The third-order valence-electron chi connectivity index (χ3n) is 3.45. The maximum atomic E-state index is 12.9. The first-order valence-electron chi connectivity index (χ1n) is 6.80. The highest BCUT2D eigenvalue weighted by Crippen LogP contribution is 2.45. The lowest BCUT2D eigenvalue weighted by Gasteiger charge is -2.30. The zero-order chi connectivity index (χ0) is 14.9. The second-order valence-electron chi connectivity index (χ2n) is 4.55. The molecule has 0 radical (unpaired) electrons. The molecule has 0 bridgehead atoms. The molecule has 20 heavy (non-hydrogen) atoms. The molecule has 0 saturated carbocycles. The molecule has 2 nitrogen and oxygen atoms in total. The number of nitrogens with zero attached hydrogens (tertiary/aromatic N) is 2. The van der Waals surface area contributed by atoms with Crippen molar-refractivity contribution in [2.75, 3.05) is 28.6 Å². The first-order valence-corrected chi connectivity index (χ1v) is 7.85. The van der Waals surface area contributed by atoms with Crippen LogP contribution in [0, 0.1) is 0 Å². The smallest absolute Gasteiger partial charge is 0.341 e. The number of rotatable bonds is 4. The second-order valence-corrected chi connectivity index (χ2v) is 5.89. The molecular formula is C14H19F3N2S. The number of thioether (sulfide) groups is 1. The summed E-state index contributed by atoms with van der Waals surface area (Å²) >= 11 is 1.74. The van der Waals surface area contributed by atoms with Crippen LogP contribution in [0.4, 0.5) is 24.5 Å². The van der Waals surface area contributed by atoms with Gasteiger partial charge in [0.05, 0.1) is 16.9 Å². The fraction of sp³-hybridized carbons (Fsp3) is 0.571. The zero-order valence-electron chi connectivity index (χ0n) is 11.9. The molecule has 0 spiro atoms. The van der Waals surface area contributed by atoms with Gasteiger partial charge in [-0.05, 0) is 37.8 Å². The minimum Gasteiger partial charge on any atom is -0.341 e. The van der Waals surface area contributed by atoms with Crippen LogP contribution in [0.15, 0.2) is 18.2 Å². The molecule has 1 aromatic rings. The Morgan fingerprint density at radius 3 is 2.15 bits per heavy atom. The zero-order valence-corrected chi connectivity index (χ0v) is 12.7. The van der Waals surface area contributed by atoms with Gasteiger partial charge >= 0.3 is 6.18 Å². The summed E-state index contributed by atoms with van der Waals surface area (Å²) in [7, 11) is 0. The molecule has 1 heterocycles. The molecular weight excluding hydrogens is 285 g/mol. The van der Waals surface area contributed by atoms with Crippen molar-refractivity contribution in [2.24, 2.45) is 0 Å². The summed E-state index contributed by atoms with van der Waals surface area (Å²) in [6.07, 6.45) is -4.29. The van der Waals surface area contributed by atoms with Gasteiger partial charge in [0.25, 0.3) is 0 Å². The Morgan fingerprint density at radius 2 is 1.65 bits per heavy atom. The van der Waals surface area contributed by atoms with Gasteiger partial charge in [-0.2, -0.15) is 13.2 Å². The highest BCUT2D eigenvalue weighted by molar-refractivity contribution is 8.00. The molecule has 1 unspecified atom stereocenters. The van der Waals surface area contributed by atoms with Gasteiger partial charge < -0.3 is 9.80 Å². The van der Waals surface area contributed by atoms with E-state index in [0.29, 0.717) is 12.2 Å². The number of hydrogen-bond acceptors (Lipinski definition) is 3. The van der Waals surface area contributed by atoms with Gasteiger partial charge in [-0.3, -0.25) is 0 Å². The summed E-state index contributed by atoms with van der Waals surface area (Å²) in [6, 6.07) is 4.05.